The first kappa shape index (κ1) is 14.8. The fourth-order valence-corrected chi connectivity index (χ4v) is 3.69. The fraction of sp³-hybridized carbons (Fsp3) is 0.857. The Kier molecular flexibility index (Phi) is 6.42. The highest BCUT2D eigenvalue weighted by Crippen LogP contribution is 2.31. The predicted octanol–water partition coefficient (Wildman–Crippen LogP) is 3.57. The summed E-state index contributed by atoms with van der Waals surface area (Å²) in [4.78, 5) is 0. The monoisotopic (exact) mass is 288 g/mol. The van der Waals surface area contributed by atoms with Crippen LogP contribution >= 0.6 is 23.5 Å². The van der Waals surface area contributed by atoms with Crippen LogP contribution in [0, 0.1) is 5.92 Å². The lowest BCUT2D eigenvalue weighted by Crippen LogP contribution is -2.32. The van der Waals surface area contributed by atoms with Gasteiger partial charge in [-0.3, -0.25) is 0 Å². The van der Waals surface area contributed by atoms with Crippen LogP contribution in [0.4, 0.5) is 0 Å². The van der Waals surface area contributed by atoms with Gasteiger partial charge in [0.1, 0.15) is 0 Å². The zero-order valence-electron chi connectivity index (χ0n) is 11.3. The molecule has 0 aromatic heterocycles. The van der Waals surface area contributed by atoms with Crippen LogP contribution in [0.5, 0.6) is 0 Å². The summed E-state index contributed by atoms with van der Waals surface area (Å²) in [6.07, 6.45) is 14.0. The van der Waals surface area contributed by atoms with Gasteiger partial charge in [-0.1, -0.05) is 6.08 Å². The molecule has 0 bridgehead atoms. The summed E-state index contributed by atoms with van der Waals surface area (Å²) >= 11 is 3.84. The molecule has 1 heterocycles. The highest BCUT2D eigenvalue weighted by molar-refractivity contribution is 7.99. The lowest BCUT2D eigenvalue weighted by Gasteiger charge is -2.28. The Balaban J connectivity index is 1.69. The maximum atomic E-state index is 5.68. The topological polar surface area (TPSA) is 18.5 Å². The van der Waals surface area contributed by atoms with Gasteiger partial charge in [-0.15, -0.1) is 0 Å². The molecule has 2 aliphatic rings. The fourth-order valence-electron chi connectivity index (χ4n) is 2.51. The molecule has 0 aromatic carbocycles. The van der Waals surface area contributed by atoms with Crippen molar-refractivity contribution in [2.75, 3.05) is 25.7 Å². The lowest BCUT2D eigenvalue weighted by molar-refractivity contribution is -0.146. The van der Waals surface area contributed by atoms with Gasteiger partial charge < -0.3 is 9.47 Å². The molecule has 2 fully saturated rings. The summed E-state index contributed by atoms with van der Waals surface area (Å²) in [6.45, 7) is 1.63. The van der Waals surface area contributed by atoms with E-state index in [1.165, 1.54) is 25.7 Å². The first-order valence-corrected chi connectivity index (χ1v) is 9.36. The molecule has 2 rings (SSSR count). The van der Waals surface area contributed by atoms with Crippen molar-refractivity contribution in [3.05, 3.63) is 12.2 Å². The van der Waals surface area contributed by atoms with Gasteiger partial charge in [-0.05, 0) is 50.2 Å². The van der Waals surface area contributed by atoms with Crippen LogP contribution in [0.25, 0.3) is 0 Å². The zero-order valence-corrected chi connectivity index (χ0v) is 13.0. The molecule has 1 saturated heterocycles. The lowest BCUT2D eigenvalue weighted by atomic mass is 9.88. The molecule has 0 amide bonds. The third-order valence-electron chi connectivity index (χ3n) is 3.82. The van der Waals surface area contributed by atoms with Crippen molar-refractivity contribution >= 4 is 23.5 Å². The molecule has 104 valence electrons. The number of allylic oxidation sites excluding steroid dienone is 1. The second kappa shape index (κ2) is 7.83. The van der Waals surface area contributed by atoms with E-state index in [9.17, 15) is 0 Å². The molecule has 0 unspecified atom stereocenters. The van der Waals surface area contributed by atoms with Crippen molar-refractivity contribution in [1.29, 1.82) is 0 Å². The van der Waals surface area contributed by atoms with E-state index in [1.807, 2.05) is 23.5 Å². The number of hydrogen-bond donors (Lipinski definition) is 0. The van der Waals surface area contributed by atoms with E-state index in [2.05, 4.69) is 24.7 Å². The average Bonchev–Trinajstić information content (AvgIpc) is 2.46. The standard InChI is InChI=1S/C14H24O2S2/c1-17-12-6-3-11(4-7-12)5-8-14-15-9-13(18-2)10-16-14/h5,8,11-14H,3-4,6-7,9-10H2,1-2H3/b8-5+. The molecule has 4 heteroatoms. The molecule has 0 aromatic rings. The van der Waals surface area contributed by atoms with E-state index in [0.717, 1.165) is 24.4 Å². The summed E-state index contributed by atoms with van der Waals surface area (Å²) in [5.74, 6) is 0.735. The highest BCUT2D eigenvalue weighted by atomic mass is 32.2. The van der Waals surface area contributed by atoms with Gasteiger partial charge >= 0.3 is 0 Å². The van der Waals surface area contributed by atoms with Gasteiger partial charge in [0.2, 0.25) is 0 Å². The quantitative estimate of drug-likeness (QED) is 0.736. The molecule has 0 N–H and O–H groups in total. The normalized spacial score (nSPS) is 38.1. The van der Waals surface area contributed by atoms with E-state index in [4.69, 9.17) is 9.47 Å². The van der Waals surface area contributed by atoms with Crippen molar-refractivity contribution in [3.8, 4) is 0 Å². The number of rotatable bonds is 4. The first-order chi connectivity index (χ1) is 8.81. The van der Waals surface area contributed by atoms with E-state index in [-0.39, 0.29) is 6.29 Å². The summed E-state index contributed by atoms with van der Waals surface area (Å²) in [5.41, 5.74) is 0. The molecular formula is C14H24O2S2. The van der Waals surface area contributed by atoms with Crippen LogP contribution in [0.15, 0.2) is 12.2 Å². The van der Waals surface area contributed by atoms with Crippen molar-refractivity contribution in [2.45, 2.75) is 42.5 Å². The largest absolute Gasteiger partial charge is 0.348 e. The minimum atomic E-state index is -0.105. The van der Waals surface area contributed by atoms with Crippen LogP contribution < -0.4 is 0 Å². The van der Waals surface area contributed by atoms with Gasteiger partial charge in [-0.2, -0.15) is 23.5 Å². The molecule has 1 aliphatic heterocycles. The summed E-state index contributed by atoms with van der Waals surface area (Å²) in [7, 11) is 0. The molecule has 18 heavy (non-hydrogen) atoms. The molecule has 0 spiro atoms. The second-order valence-corrected chi connectivity index (χ2v) is 7.33. The van der Waals surface area contributed by atoms with E-state index in [0.29, 0.717) is 5.25 Å². The summed E-state index contributed by atoms with van der Waals surface area (Å²) in [5, 5.41) is 1.39. The minimum Gasteiger partial charge on any atom is -0.348 e. The van der Waals surface area contributed by atoms with E-state index >= 15 is 0 Å². The smallest absolute Gasteiger partial charge is 0.176 e. The first-order valence-electron chi connectivity index (χ1n) is 6.79. The third-order valence-corrected chi connectivity index (χ3v) is 5.90. The zero-order chi connectivity index (χ0) is 12.8. The number of hydrogen-bond acceptors (Lipinski definition) is 4. The van der Waals surface area contributed by atoms with Crippen molar-refractivity contribution in [2.24, 2.45) is 5.92 Å². The maximum absolute atomic E-state index is 5.68. The molecule has 2 nitrogen and oxygen atoms in total. The van der Waals surface area contributed by atoms with Gasteiger partial charge in [-0.25, -0.2) is 0 Å². The van der Waals surface area contributed by atoms with Crippen LogP contribution in [0.2, 0.25) is 0 Å². The third kappa shape index (κ3) is 4.48. The van der Waals surface area contributed by atoms with Gasteiger partial charge in [0, 0.05) is 5.25 Å². The Bertz CT molecular complexity index is 229. The van der Waals surface area contributed by atoms with Crippen molar-refractivity contribution < 1.29 is 9.47 Å². The molecule has 1 aliphatic carbocycles. The van der Waals surface area contributed by atoms with Gasteiger partial charge in [0.05, 0.1) is 18.5 Å². The van der Waals surface area contributed by atoms with Crippen LogP contribution in [-0.2, 0) is 9.47 Å². The Morgan fingerprint density at radius 3 is 2.00 bits per heavy atom. The van der Waals surface area contributed by atoms with E-state index < -0.39 is 0 Å². The van der Waals surface area contributed by atoms with Crippen molar-refractivity contribution in [3.63, 3.8) is 0 Å². The minimum absolute atomic E-state index is 0.105. The SMILES string of the molecule is CSC1CCC(/C=C/C2OCC(SC)CO2)CC1. The average molecular weight is 288 g/mol. The molecule has 1 saturated carbocycles. The number of thioether (sulfide) groups is 2. The second-order valence-electron chi connectivity index (χ2n) is 5.05. The van der Waals surface area contributed by atoms with Gasteiger partial charge in [0.15, 0.2) is 6.29 Å². The number of ether oxygens (including phenoxy) is 2. The predicted molar refractivity (Wildman–Crippen MR) is 81.4 cm³/mol. The van der Waals surface area contributed by atoms with E-state index in [1.54, 1.807) is 0 Å². The Hall–Kier alpha value is 0.360. The molecule has 0 atom stereocenters. The van der Waals surface area contributed by atoms with Crippen LogP contribution in [-0.4, -0.2) is 42.5 Å². The summed E-state index contributed by atoms with van der Waals surface area (Å²) < 4.78 is 11.4. The Morgan fingerprint density at radius 1 is 0.833 bits per heavy atom. The Labute approximate surface area is 119 Å². The van der Waals surface area contributed by atoms with Crippen LogP contribution in [0.1, 0.15) is 25.7 Å². The highest BCUT2D eigenvalue weighted by Gasteiger charge is 2.21. The Morgan fingerprint density at radius 2 is 1.44 bits per heavy atom. The maximum Gasteiger partial charge on any atom is 0.176 e. The molecule has 0 radical (unpaired) electrons. The molecular weight excluding hydrogens is 264 g/mol. The van der Waals surface area contributed by atoms with Crippen molar-refractivity contribution in [1.82, 2.24) is 0 Å². The van der Waals surface area contributed by atoms with Crippen LogP contribution in [0.3, 0.4) is 0 Å². The van der Waals surface area contributed by atoms with Gasteiger partial charge in [0.25, 0.3) is 0 Å². The summed E-state index contributed by atoms with van der Waals surface area (Å²) in [6, 6.07) is 0.